The molecule has 1 aromatic heterocycles. The van der Waals surface area contributed by atoms with Gasteiger partial charge in [0.25, 0.3) is 5.91 Å². The van der Waals surface area contributed by atoms with E-state index in [4.69, 9.17) is 11.6 Å². The highest BCUT2D eigenvalue weighted by molar-refractivity contribution is 6.30. The van der Waals surface area contributed by atoms with E-state index in [1.165, 1.54) is 0 Å². The van der Waals surface area contributed by atoms with E-state index < -0.39 is 17.9 Å². The molecule has 2 rings (SSSR count). The molecule has 1 atom stereocenters. The molecule has 2 aromatic rings. The van der Waals surface area contributed by atoms with E-state index in [1.807, 2.05) is 13.0 Å². The molecule has 0 aliphatic heterocycles. The Bertz CT molecular complexity index is 803. The van der Waals surface area contributed by atoms with Crippen molar-refractivity contribution in [2.75, 3.05) is 0 Å². The molecule has 8 heteroatoms. The molecule has 0 aliphatic rings. The second-order valence-electron chi connectivity index (χ2n) is 5.76. The largest absolute Gasteiger partial charge is 0.480 e. The number of aromatic nitrogens is 3. The molecule has 7 nitrogen and oxygen atoms in total. The fourth-order valence-corrected chi connectivity index (χ4v) is 2.71. The number of benzene rings is 1. The van der Waals surface area contributed by atoms with Crippen LogP contribution in [0.2, 0.25) is 5.02 Å². The fraction of sp³-hybridized carbons (Fsp3) is 0.333. The van der Waals surface area contributed by atoms with Crippen LogP contribution in [0.15, 0.2) is 36.9 Å². The molecule has 0 saturated carbocycles. The van der Waals surface area contributed by atoms with Crippen molar-refractivity contribution in [3.63, 3.8) is 0 Å². The zero-order chi connectivity index (χ0) is 19.1. The Kier molecular flexibility index (Phi) is 6.91. The molecular weight excluding hydrogens is 356 g/mol. The molecule has 1 unspecified atom stereocenters. The monoisotopic (exact) mass is 376 g/mol. The topological polar surface area (TPSA) is 97.1 Å². The van der Waals surface area contributed by atoms with Crippen LogP contribution >= 0.6 is 11.6 Å². The van der Waals surface area contributed by atoms with Crippen LogP contribution in [-0.4, -0.2) is 38.0 Å². The Morgan fingerprint density at radius 1 is 1.46 bits per heavy atom. The molecule has 0 spiro atoms. The zero-order valence-corrected chi connectivity index (χ0v) is 15.2. The predicted octanol–water partition coefficient (Wildman–Crippen LogP) is 3.02. The molecular formula is C18H21ClN4O3. The van der Waals surface area contributed by atoms with Crippen molar-refractivity contribution < 1.29 is 14.7 Å². The maximum atomic E-state index is 12.6. The minimum Gasteiger partial charge on any atom is -0.480 e. The summed E-state index contributed by atoms with van der Waals surface area (Å²) in [6.07, 6.45) is 3.68. The van der Waals surface area contributed by atoms with Crippen molar-refractivity contribution in [1.82, 2.24) is 20.3 Å². The lowest BCUT2D eigenvalue weighted by molar-refractivity contribution is -0.139. The number of nitrogens with zero attached hydrogens (tertiary/aromatic N) is 3. The number of aliphatic carboxylic acids is 1. The molecule has 2 N–H and O–H groups in total. The second-order valence-corrected chi connectivity index (χ2v) is 6.19. The first kappa shape index (κ1) is 19.7. The minimum absolute atomic E-state index is 0.122. The summed E-state index contributed by atoms with van der Waals surface area (Å²) < 4.78 is 1.56. The van der Waals surface area contributed by atoms with E-state index in [0.717, 1.165) is 6.42 Å². The highest BCUT2D eigenvalue weighted by Crippen LogP contribution is 2.18. The lowest BCUT2D eigenvalue weighted by atomic mass is 10.1. The normalized spacial score (nSPS) is 11.8. The van der Waals surface area contributed by atoms with Crippen molar-refractivity contribution in [2.45, 2.75) is 38.6 Å². The summed E-state index contributed by atoms with van der Waals surface area (Å²) in [6, 6.07) is 6.05. The number of hydrogen-bond donors (Lipinski definition) is 2. The van der Waals surface area contributed by atoms with Crippen molar-refractivity contribution in [2.24, 2.45) is 0 Å². The SMILES string of the molecule is C=CCCC(NC(=O)c1nnn(-c2cccc(Cl)c2)c1CCC)C(=O)O. The van der Waals surface area contributed by atoms with Gasteiger partial charge < -0.3 is 10.4 Å². The van der Waals surface area contributed by atoms with Crippen LogP contribution in [0.5, 0.6) is 0 Å². The van der Waals surface area contributed by atoms with Crippen molar-refractivity contribution in [3.8, 4) is 5.69 Å². The molecule has 1 amide bonds. The summed E-state index contributed by atoms with van der Waals surface area (Å²) in [7, 11) is 0. The van der Waals surface area contributed by atoms with E-state index in [1.54, 1.807) is 29.0 Å². The van der Waals surface area contributed by atoms with Gasteiger partial charge in [-0.3, -0.25) is 4.79 Å². The number of carbonyl (C=O) groups is 2. The second kappa shape index (κ2) is 9.15. The Morgan fingerprint density at radius 2 is 2.23 bits per heavy atom. The highest BCUT2D eigenvalue weighted by atomic mass is 35.5. The summed E-state index contributed by atoms with van der Waals surface area (Å²) in [5.41, 5.74) is 1.42. The van der Waals surface area contributed by atoms with Gasteiger partial charge in [-0.1, -0.05) is 42.3 Å². The Hall–Kier alpha value is -2.67. The lowest BCUT2D eigenvalue weighted by Crippen LogP contribution is -2.41. The van der Waals surface area contributed by atoms with Gasteiger partial charge in [0.1, 0.15) is 6.04 Å². The average Bonchev–Trinajstić information content (AvgIpc) is 3.02. The van der Waals surface area contributed by atoms with Crippen LogP contribution in [0.4, 0.5) is 0 Å². The first-order valence-corrected chi connectivity index (χ1v) is 8.70. The van der Waals surface area contributed by atoms with E-state index in [2.05, 4.69) is 22.2 Å². The third-order valence-corrected chi connectivity index (χ3v) is 4.02. The molecule has 0 fully saturated rings. The maximum Gasteiger partial charge on any atom is 0.326 e. The van der Waals surface area contributed by atoms with E-state index in [-0.39, 0.29) is 12.1 Å². The van der Waals surface area contributed by atoms with Crippen LogP contribution in [0.3, 0.4) is 0 Å². The number of rotatable bonds is 9. The summed E-state index contributed by atoms with van der Waals surface area (Å²) >= 11 is 6.03. The van der Waals surface area contributed by atoms with Gasteiger partial charge in [0.2, 0.25) is 0 Å². The lowest BCUT2D eigenvalue weighted by Gasteiger charge is -2.13. The number of halogens is 1. The summed E-state index contributed by atoms with van der Waals surface area (Å²) in [5, 5.41) is 20.4. The van der Waals surface area contributed by atoms with Crippen LogP contribution in [-0.2, 0) is 11.2 Å². The Balaban J connectivity index is 2.32. The number of allylic oxidation sites excluding steroid dienone is 1. The number of carboxylic acids is 1. The summed E-state index contributed by atoms with van der Waals surface area (Å²) in [4.78, 5) is 23.9. The summed E-state index contributed by atoms with van der Waals surface area (Å²) in [5.74, 6) is -1.65. The quantitative estimate of drug-likeness (QED) is 0.655. The van der Waals surface area contributed by atoms with Crippen LogP contribution in [0.1, 0.15) is 42.4 Å². The smallest absolute Gasteiger partial charge is 0.326 e. The number of hydrogen-bond acceptors (Lipinski definition) is 4. The maximum absolute atomic E-state index is 12.6. The molecule has 1 aromatic carbocycles. The van der Waals surface area contributed by atoms with Gasteiger partial charge in [-0.25, -0.2) is 9.48 Å². The summed E-state index contributed by atoms with van der Waals surface area (Å²) in [6.45, 7) is 5.54. The van der Waals surface area contributed by atoms with E-state index >= 15 is 0 Å². The fourth-order valence-electron chi connectivity index (χ4n) is 2.52. The first-order valence-electron chi connectivity index (χ1n) is 8.33. The highest BCUT2D eigenvalue weighted by Gasteiger charge is 2.25. The van der Waals surface area contributed by atoms with Crippen LogP contribution in [0.25, 0.3) is 5.69 Å². The van der Waals surface area contributed by atoms with Crippen molar-refractivity contribution in [3.05, 3.63) is 53.3 Å². The Morgan fingerprint density at radius 3 is 2.85 bits per heavy atom. The van der Waals surface area contributed by atoms with Crippen LogP contribution in [0, 0.1) is 0 Å². The molecule has 0 saturated heterocycles. The van der Waals surface area contributed by atoms with E-state index in [0.29, 0.717) is 29.2 Å². The minimum atomic E-state index is -1.10. The number of amides is 1. The number of carboxylic acid groups (broad SMARTS) is 1. The molecule has 0 aliphatic carbocycles. The van der Waals surface area contributed by atoms with Gasteiger partial charge in [0.15, 0.2) is 5.69 Å². The molecule has 0 radical (unpaired) electrons. The van der Waals surface area contributed by atoms with Crippen molar-refractivity contribution in [1.29, 1.82) is 0 Å². The van der Waals surface area contributed by atoms with Gasteiger partial charge in [-0.2, -0.15) is 0 Å². The van der Waals surface area contributed by atoms with Crippen molar-refractivity contribution >= 4 is 23.5 Å². The van der Waals surface area contributed by atoms with Gasteiger partial charge in [0.05, 0.1) is 11.4 Å². The van der Waals surface area contributed by atoms with Gasteiger partial charge in [-0.05, 0) is 37.5 Å². The number of carbonyl (C=O) groups excluding carboxylic acids is 1. The van der Waals surface area contributed by atoms with Crippen LogP contribution < -0.4 is 5.32 Å². The Labute approximate surface area is 156 Å². The third kappa shape index (κ3) is 4.70. The van der Waals surface area contributed by atoms with Gasteiger partial charge in [0, 0.05) is 5.02 Å². The standard InChI is InChI=1S/C18H21ClN4O3/c1-3-5-10-14(18(25)26)20-17(24)16-15(7-4-2)23(22-21-16)13-9-6-8-12(19)11-13/h3,6,8-9,11,14H,1,4-5,7,10H2,2H3,(H,20,24)(H,25,26). The van der Waals surface area contributed by atoms with E-state index in [9.17, 15) is 14.7 Å². The average molecular weight is 377 g/mol. The molecule has 1 heterocycles. The third-order valence-electron chi connectivity index (χ3n) is 3.78. The number of nitrogens with one attached hydrogen (secondary N) is 1. The molecule has 138 valence electrons. The van der Waals surface area contributed by atoms with Gasteiger partial charge >= 0.3 is 5.97 Å². The molecule has 0 bridgehead atoms. The van der Waals surface area contributed by atoms with Gasteiger partial charge in [-0.15, -0.1) is 11.7 Å². The zero-order valence-electron chi connectivity index (χ0n) is 14.5. The predicted molar refractivity (Wildman–Crippen MR) is 98.7 cm³/mol. The molecule has 26 heavy (non-hydrogen) atoms. The first-order chi connectivity index (χ1) is 12.5.